The van der Waals surface area contributed by atoms with Crippen LogP contribution in [0.4, 0.5) is 0 Å². The van der Waals surface area contributed by atoms with Gasteiger partial charge in [-0.3, -0.25) is 4.98 Å². The lowest BCUT2D eigenvalue weighted by atomic mass is 10.2. The first-order valence-corrected chi connectivity index (χ1v) is 5.97. The fraction of sp³-hybridized carbons (Fsp3) is 0.333. The molecule has 0 atom stereocenters. The molecule has 0 aliphatic heterocycles. The van der Waals surface area contributed by atoms with E-state index < -0.39 is 0 Å². The first kappa shape index (κ1) is 9.85. The minimum atomic E-state index is 0.483. The van der Waals surface area contributed by atoms with Crippen LogP contribution in [0.5, 0.6) is 0 Å². The van der Waals surface area contributed by atoms with Gasteiger partial charge in [0.1, 0.15) is 0 Å². The Bertz CT molecular complexity index is 502. The Morgan fingerprint density at radius 3 is 3.00 bits per heavy atom. The van der Waals surface area contributed by atoms with Gasteiger partial charge in [0, 0.05) is 24.2 Å². The molecule has 0 N–H and O–H groups in total. The van der Waals surface area contributed by atoms with Gasteiger partial charge in [-0.15, -0.1) is 11.6 Å². The van der Waals surface area contributed by atoms with Gasteiger partial charge in [0.25, 0.3) is 0 Å². The van der Waals surface area contributed by atoms with Crippen LogP contribution in [0.3, 0.4) is 0 Å². The molecule has 0 unspecified atom stereocenters. The largest absolute Gasteiger partial charge is 0.262 e. The topological polar surface area (TPSA) is 30.7 Å². The summed E-state index contributed by atoms with van der Waals surface area (Å²) in [4.78, 5) is 4.12. The number of aromatic nitrogens is 3. The maximum atomic E-state index is 5.89. The summed E-state index contributed by atoms with van der Waals surface area (Å²) in [5, 5.41) is 4.57. The standard InChI is InChI=1S/C12H12ClN3/c13-7-10-3-5-14-8-12(10)16-6-4-11(15-16)9-1-2-9/h3-6,8-9H,1-2,7H2. The molecule has 0 bridgehead atoms. The van der Waals surface area contributed by atoms with Crippen LogP contribution in [0.25, 0.3) is 5.69 Å². The Kier molecular flexibility index (Phi) is 2.40. The van der Waals surface area contributed by atoms with Crippen LogP contribution in [-0.2, 0) is 5.88 Å². The third-order valence-electron chi connectivity index (χ3n) is 2.88. The van der Waals surface area contributed by atoms with E-state index in [1.165, 1.54) is 18.5 Å². The summed E-state index contributed by atoms with van der Waals surface area (Å²) in [6.07, 6.45) is 8.09. The van der Waals surface area contributed by atoms with Gasteiger partial charge in [-0.2, -0.15) is 5.10 Å². The molecular weight excluding hydrogens is 222 g/mol. The molecule has 0 aromatic carbocycles. The van der Waals surface area contributed by atoms with Crippen LogP contribution in [0.2, 0.25) is 0 Å². The SMILES string of the molecule is ClCc1ccncc1-n1ccc(C2CC2)n1. The van der Waals surface area contributed by atoms with Gasteiger partial charge >= 0.3 is 0 Å². The van der Waals surface area contributed by atoms with Gasteiger partial charge in [0.2, 0.25) is 0 Å². The number of hydrogen-bond donors (Lipinski definition) is 0. The summed E-state index contributed by atoms with van der Waals surface area (Å²) < 4.78 is 1.87. The van der Waals surface area contributed by atoms with E-state index in [1.54, 1.807) is 12.4 Å². The number of halogens is 1. The predicted octanol–water partition coefficient (Wildman–Crippen LogP) is 2.88. The van der Waals surface area contributed by atoms with E-state index in [2.05, 4.69) is 16.1 Å². The van der Waals surface area contributed by atoms with Gasteiger partial charge in [-0.05, 0) is 30.5 Å². The van der Waals surface area contributed by atoms with E-state index in [1.807, 2.05) is 16.9 Å². The average Bonchev–Trinajstić information content (AvgIpc) is 3.07. The number of rotatable bonds is 3. The highest BCUT2D eigenvalue weighted by atomic mass is 35.5. The monoisotopic (exact) mass is 233 g/mol. The van der Waals surface area contributed by atoms with Crippen molar-refractivity contribution in [1.29, 1.82) is 0 Å². The molecule has 1 saturated carbocycles. The lowest BCUT2D eigenvalue weighted by Gasteiger charge is -2.05. The van der Waals surface area contributed by atoms with Gasteiger partial charge in [-0.25, -0.2) is 4.68 Å². The van der Waals surface area contributed by atoms with Crippen LogP contribution < -0.4 is 0 Å². The molecule has 3 nitrogen and oxygen atoms in total. The van der Waals surface area contributed by atoms with Crippen molar-refractivity contribution in [1.82, 2.24) is 14.8 Å². The fourth-order valence-corrected chi connectivity index (χ4v) is 2.03. The van der Waals surface area contributed by atoms with Crippen LogP contribution in [0.1, 0.15) is 30.0 Å². The highest BCUT2D eigenvalue weighted by molar-refractivity contribution is 6.17. The van der Waals surface area contributed by atoms with Gasteiger partial charge in [0.05, 0.1) is 17.6 Å². The maximum absolute atomic E-state index is 5.89. The average molecular weight is 234 g/mol. The van der Waals surface area contributed by atoms with Crippen LogP contribution >= 0.6 is 11.6 Å². The number of alkyl halides is 1. The van der Waals surface area contributed by atoms with Crippen molar-refractivity contribution in [2.24, 2.45) is 0 Å². The van der Waals surface area contributed by atoms with E-state index in [0.717, 1.165) is 11.3 Å². The molecule has 16 heavy (non-hydrogen) atoms. The van der Waals surface area contributed by atoms with Crippen molar-refractivity contribution in [2.45, 2.75) is 24.6 Å². The summed E-state index contributed by atoms with van der Waals surface area (Å²) in [5.41, 5.74) is 3.22. The van der Waals surface area contributed by atoms with E-state index in [0.29, 0.717) is 11.8 Å². The minimum absolute atomic E-state index is 0.483. The van der Waals surface area contributed by atoms with Crippen LogP contribution in [0, 0.1) is 0 Å². The van der Waals surface area contributed by atoms with E-state index in [4.69, 9.17) is 11.6 Å². The lowest BCUT2D eigenvalue weighted by Crippen LogP contribution is -2.00. The highest BCUT2D eigenvalue weighted by Gasteiger charge is 2.26. The molecule has 1 aliphatic rings. The number of pyridine rings is 1. The molecule has 0 amide bonds. The molecule has 3 rings (SSSR count). The van der Waals surface area contributed by atoms with Crippen molar-refractivity contribution < 1.29 is 0 Å². The third-order valence-corrected chi connectivity index (χ3v) is 3.17. The lowest BCUT2D eigenvalue weighted by molar-refractivity contribution is 0.826. The highest BCUT2D eigenvalue weighted by Crippen LogP contribution is 2.39. The second-order valence-corrected chi connectivity index (χ2v) is 4.36. The molecule has 0 radical (unpaired) electrons. The zero-order chi connectivity index (χ0) is 11.0. The van der Waals surface area contributed by atoms with Crippen molar-refractivity contribution in [3.05, 3.63) is 42.0 Å². The van der Waals surface area contributed by atoms with Gasteiger partial charge < -0.3 is 0 Å². The number of hydrogen-bond acceptors (Lipinski definition) is 2. The minimum Gasteiger partial charge on any atom is -0.262 e. The van der Waals surface area contributed by atoms with Crippen molar-refractivity contribution in [3.63, 3.8) is 0 Å². The normalized spacial score (nSPS) is 15.3. The van der Waals surface area contributed by atoms with Gasteiger partial charge in [0.15, 0.2) is 0 Å². The first-order chi connectivity index (χ1) is 7.88. The maximum Gasteiger partial charge on any atom is 0.0872 e. The molecule has 4 heteroatoms. The number of nitrogens with zero attached hydrogens (tertiary/aromatic N) is 3. The van der Waals surface area contributed by atoms with Crippen molar-refractivity contribution >= 4 is 11.6 Å². The van der Waals surface area contributed by atoms with E-state index in [9.17, 15) is 0 Å². The molecule has 82 valence electrons. The summed E-state index contributed by atoms with van der Waals surface area (Å²) in [6, 6.07) is 4.02. The Labute approximate surface area is 99.1 Å². The summed E-state index contributed by atoms with van der Waals surface area (Å²) in [7, 11) is 0. The van der Waals surface area contributed by atoms with Crippen molar-refractivity contribution in [3.8, 4) is 5.69 Å². The van der Waals surface area contributed by atoms with Crippen LogP contribution in [-0.4, -0.2) is 14.8 Å². The molecule has 0 saturated heterocycles. The Morgan fingerprint density at radius 2 is 2.25 bits per heavy atom. The molecule has 1 aliphatic carbocycles. The molecule has 2 aromatic heterocycles. The smallest absolute Gasteiger partial charge is 0.0872 e. The molecule has 2 heterocycles. The summed E-state index contributed by atoms with van der Waals surface area (Å²) in [6.45, 7) is 0. The third kappa shape index (κ3) is 1.71. The summed E-state index contributed by atoms with van der Waals surface area (Å²) in [5.74, 6) is 1.16. The second-order valence-electron chi connectivity index (χ2n) is 4.10. The Hall–Kier alpha value is -1.35. The zero-order valence-corrected chi connectivity index (χ0v) is 9.56. The van der Waals surface area contributed by atoms with Gasteiger partial charge in [-0.1, -0.05) is 0 Å². The quantitative estimate of drug-likeness (QED) is 0.764. The predicted molar refractivity (Wildman–Crippen MR) is 62.9 cm³/mol. The Balaban J connectivity index is 2.00. The second kappa shape index (κ2) is 3.91. The Morgan fingerprint density at radius 1 is 1.38 bits per heavy atom. The van der Waals surface area contributed by atoms with Crippen LogP contribution in [0.15, 0.2) is 30.7 Å². The molecule has 0 spiro atoms. The van der Waals surface area contributed by atoms with Crippen molar-refractivity contribution in [2.75, 3.05) is 0 Å². The molecular formula is C12H12ClN3. The van der Waals surface area contributed by atoms with E-state index >= 15 is 0 Å². The summed E-state index contributed by atoms with van der Waals surface area (Å²) >= 11 is 5.89. The molecule has 1 fully saturated rings. The molecule has 2 aromatic rings. The first-order valence-electron chi connectivity index (χ1n) is 5.43. The zero-order valence-electron chi connectivity index (χ0n) is 8.81. The van der Waals surface area contributed by atoms with E-state index in [-0.39, 0.29) is 0 Å². The fourth-order valence-electron chi connectivity index (χ4n) is 1.80.